The molecule has 2 atom stereocenters. The van der Waals surface area contributed by atoms with Crippen LogP contribution in [0.1, 0.15) is 42.8 Å². The summed E-state index contributed by atoms with van der Waals surface area (Å²) in [5.74, 6) is 0. The highest BCUT2D eigenvalue weighted by Gasteiger charge is 2.16. The van der Waals surface area contributed by atoms with Gasteiger partial charge in [0, 0.05) is 21.4 Å². The van der Waals surface area contributed by atoms with Crippen molar-refractivity contribution in [3.8, 4) is 0 Å². The summed E-state index contributed by atoms with van der Waals surface area (Å²) in [6.45, 7) is 4.45. The van der Waals surface area contributed by atoms with E-state index in [9.17, 15) is 0 Å². The molecule has 1 aromatic heterocycles. The van der Waals surface area contributed by atoms with Crippen LogP contribution in [0.3, 0.4) is 0 Å². The van der Waals surface area contributed by atoms with Crippen LogP contribution in [0, 0.1) is 0 Å². The van der Waals surface area contributed by atoms with Crippen LogP contribution in [0.15, 0.2) is 46.3 Å². The quantitative estimate of drug-likeness (QED) is 0.785. The van der Waals surface area contributed by atoms with E-state index < -0.39 is 0 Å². The second kappa shape index (κ2) is 6.50. The van der Waals surface area contributed by atoms with E-state index in [4.69, 9.17) is 0 Å². The summed E-state index contributed by atoms with van der Waals surface area (Å²) in [4.78, 5) is 1.37. The Bertz CT molecular complexity index is 480. The summed E-state index contributed by atoms with van der Waals surface area (Å²) in [6, 6.07) is 13.5. The molecule has 0 spiro atoms. The minimum absolute atomic E-state index is 0.365. The smallest absolute Gasteiger partial charge is 0.0402 e. The molecule has 0 saturated carbocycles. The molecule has 0 aliphatic heterocycles. The van der Waals surface area contributed by atoms with E-state index in [0.717, 1.165) is 6.42 Å². The molecular weight excluding hydrogens is 306 g/mol. The number of hydrogen-bond donors (Lipinski definition) is 1. The van der Waals surface area contributed by atoms with Gasteiger partial charge in [0.05, 0.1) is 0 Å². The minimum atomic E-state index is 0.365. The van der Waals surface area contributed by atoms with Gasteiger partial charge in [0.1, 0.15) is 0 Å². The second-order valence-electron chi connectivity index (χ2n) is 4.39. The van der Waals surface area contributed by atoms with Gasteiger partial charge in [-0.15, -0.1) is 11.3 Å². The zero-order chi connectivity index (χ0) is 13.0. The van der Waals surface area contributed by atoms with Crippen LogP contribution < -0.4 is 5.32 Å². The van der Waals surface area contributed by atoms with Crippen molar-refractivity contribution in [2.24, 2.45) is 0 Å². The van der Waals surface area contributed by atoms with Crippen LogP contribution in [-0.2, 0) is 0 Å². The Morgan fingerprint density at radius 3 is 2.50 bits per heavy atom. The molecule has 0 saturated heterocycles. The van der Waals surface area contributed by atoms with Crippen LogP contribution in [0.4, 0.5) is 0 Å². The van der Waals surface area contributed by atoms with E-state index in [0.29, 0.717) is 12.1 Å². The molecule has 0 radical (unpaired) electrons. The Kier molecular flexibility index (Phi) is 4.98. The molecule has 0 amide bonds. The average Bonchev–Trinajstić information content (AvgIpc) is 2.83. The zero-order valence-electron chi connectivity index (χ0n) is 10.7. The standard InChI is InChI=1S/C15H18BrNS/c1-3-14(12-7-5-4-6-8-12)17-11(2)15-13(16)9-10-18-15/h4-11,14,17H,3H2,1-2H3. The lowest BCUT2D eigenvalue weighted by Crippen LogP contribution is -2.23. The largest absolute Gasteiger partial charge is 0.303 e. The lowest BCUT2D eigenvalue weighted by atomic mass is 10.0. The first-order valence-electron chi connectivity index (χ1n) is 6.26. The molecule has 0 aliphatic rings. The van der Waals surface area contributed by atoms with Crippen molar-refractivity contribution in [1.29, 1.82) is 0 Å². The van der Waals surface area contributed by atoms with Crippen LogP contribution in [0.2, 0.25) is 0 Å². The lowest BCUT2D eigenvalue weighted by Gasteiger charge is -2.22. The van der Waals surface area contributed by atoms with Gasteiger partial charge in [-0.2, -0.15) is 0 Å². The molecule has 1 aromatic carbocycles. The van der Waals surface area contributed by atoms with Crippen LogP contribution in [0.25, 0.3) is 0 Å². The maximum Gasteiger partial charge on any atom is 0.0402 e. The Morgan fingerprint density at radius 2 is 1.94 bits per heavy atom. The van der Waals surface area contributed by atoms with E-state index in [1.807, 2.05) is 0 Å². The topological polar surface area (TPSA) is 12.0 Å². The molecule has 0 bridgehead atoms. The molecule has 1 nitrogen and oxygen atoms in total. The second-order valence-corrected chi connectivity index (χ2v) is 6.19. The van der Waals surface area contributed by atoms with Crippen molar-refractivity contribution in [1.82, 2.24) is 5.32 Å². The third-order valence-electron chi connectivity index (χ3n) is 3.10. The average molecular weight is 324 g/mol. The first-order valence-corrected chi connectivity index (χ1v) is 7.93. The summed E-state index contributed by atoms with van der Waals surface area (Å²) >= 11 is 5.40. The van der Waals surface area contributed by atoms with Gasteiger partial charge in [-0.1, -0.05) is 37.3 Å². The highest BCUT2D eigenvalue weighted by molar-refractivity contribution is 9.10. The van der Waals surface area contributed by atoms with Crippen LogP contribution >= 0.6 is 27.3 Å². The number of benzene rings is 1. The molecule has 0 fully saturated rings. The van der Waals surface area contributed by atoms with E-state index in [2.05, 4.69) is 76.9 Å². The van der Waals surface area contributed by atoms with E-state index in [1.165, 1.54) is 14.9 Å². The van der Waals surface area contributed by atoms with Gasteiger partial charge in [-0.05, 0) is 46.3 Å². The molecule has 18 heavy (non-hydrogen) atoms. The predicted octanol–water partition coefficient (Wildman–Crippen LogP) is 5.31. The summed E-state index contributed by atoms with van der Waals surface area (Å²) in [6.07, 6.45) is 1.09. The Balaban J connectivity index is 2.10. The highest BCUT2D eigenvalue weighted by atomic mass is 79.9. The normalized spacial score (nSPS) is 14.4. The monoisotopic (exact) mass is 323 g/mol. The third kappa shape index (κ3) is 3.22. The number of halogens is 1. The molecule has 2 aromatic rings. The Morgan fingerprint density at radius 1 is 1.22 bits per heavy atom. The van der Waals surface area contributed by atoms with Crippen molar-refractivity contribution in [3.05, 3.63) is 56.7 Å². The van der Waals surface area contributed by atoms with Crippen LogP contribution in [-0.4, -0.2) is 0 Å². The SMILES string of the molecule is CCC(NC(C)c1sccc1Br)c1ccccc1. The fourth-order valence-electron chi connectivity index (χ4n) is 2.13. The molecule has 1 heterocycles. The van der Waals surface area contributed by atoms with E-state index in [1.54, 1.807) is 11.3 Å². The number of hydrogen-bond acceptors (Lipinski definition) is 2. The first kappa shape index (κ1) is 13.8. The fraction of sp³-hybridized carbons (Fsp3) is 0.333. The zero-order valence-corrected chi connectivity index (χ0v) is 13.1. The van der Waals surface area contributed by atoms with Gasteiger partial charge in [0.2, 0.25) is 0 Å². The highest BCUT2D eigenvalue weighted by Crippen LogP contribution is 2.31. The Labute approximate surface area is 121 Å². The molecule has 0 aliphatic carbocycles. The molecule has 96 valence electrons. The van der Waals surface area contributed by atoms with Crippen LogP contribution in [0.5, 0.6) is 0 Å². The summed E-state index contributed by atoms with van der Waals surface area (Å²) in [5.41, 5.74) is 1.36. The number of thiophene rings is 1. The third-order valence-corrected chi connectivity index (χ3v) is 5.15. The van der Waals surface area contributed by atoms with Gasteiger partial charge in [0.25, 0.3) is 0 Å². The molecule has 3 heteroatoms. The number of rotatable bonds is 5. The predicted molar refractivity (Wildman–Crippen MR) is 83.0 cm³/mol. The van der Waals surface area contributed by atoms with E-state index in [-0.39, 0.29) is 0 Å². The maximum absolute atomic E-state index is 3.71. The summed E-state index contributed by atoms with van der Waals surface area (Å²) in [7, 11) is 0. The van der Waals surface area contributed by atoms with Crippen molar-refractivity contribution in [2.75, 3.05) is 0 Å². The number of nitrogens with one attached hydrogen (secondary N) is 1. The van der Waals surface area contributed by atoms with Crippen molar-refractivity contribution in [3.63, 3.8) is 0 Å². The maximum atomic E-state index is 3.71. The van der Waals surface area contributed by atoms with Crippen molar-refractivity contribution < 1.29 is 0 Å². The molecule has 2 rings (SSSR count). The molecular formula is C15H18BrNS. The van der Waals surface area contributed by atoms with E-state index >= 15 is 0 Å². The first-order chi connectivity index (χ1) is 8.72. The lowest BCUT2D eigenvalue weighted by molar-refractivity contribution is 0.460. The molecule has 2 unspecified atom stereocenters. The van der Waals surface area contributed by atoms with Gasteiger partial charge in [-0.25, -0.2) is 0 Å². The van der Waals surface area contributed by atoms with Crippen molar-refractivity contribution >= 4 is 27.3 Å². The van der Waals surface area contributed by atoms with Crippen molar-refractivity contribution in [2.45, 2.75) is 32.4 Å². The van der Waals surface area contributed by atoms with Gasteiger partial charge >= 0.3 is 0 Å². The fourth-order valence-corrected chi connectivity index (χ4v) is 3.86. The minimum Gasteiger partial charge on any atom is -0.303 e. The molecule has 1 N–H and O–H groups in total. The Hall–Kier alpha value is -0.640. The van der Waals surface area contributed by atoms with Gasteiger partial charge in [0.15, 0.2) is 0 Å². The summed E-state index contributed by atoms with van der Waals surface area (Å²) < 4.78 is 1.20. The van der Waals surface area contributed by atoms with Gasteiger partial charge < -0.3 is 5.32 Å². The summed E-state index contributed by atoms with van der Waals surface area (Å²) in [5, 5.41) is 5.83. The van der Waals surface area contributed by atoms with Gasteiger partial charge in [-0.3, -0.25) is 0 Å².